The second-order valence-corrected chi connectivity index (χ2v) is 10.3. The van der Waals surface area contributed by atoms with Crippen LogP contribution in [0.4, 0.5) is 11.4 Å². The number of nitrogens with one attached hydrogen (secondary N) is 1. The van der Waals surface area contributed by atoms with Crippen LogP contribution in [0.5, 0.6) is 5.75 Å². The van der Waals surface area contributed by atoms with E-state index in [2.05, 4.69) is 64.2 Å². The van der Waals surface area contributed by atoms with Gasteiger partial charge in [0.1, 0.15) is 11.5 Å². The third kappa shape index (κ3) is 4.74. The Labute approximate surface area is 192 Å². The van der Waals surface area contributed by atoms with Gasteiger partial charge in [-0.3, -0.25) is 9.79 Å². The third-order valence-corrected chi connectivity index (χ3v) is 6.79. The summed E-state index contributed by atoms with van der Waals surface area (Å²) in [6.07, 6.45) is 4.87. The lowest BCUT2D eigenvalue weighted by atomic mass is 9.68. The van der Waals surface area contributed by atoms with Gasteiger partial charge in [0.15, 0.2) is 0 Å². The Morgan fingerprint density at radius 2 is 1.78 bits per heavy atom. The highest BCUT2D eigenvalue weighted by Crippen LogP contribution is 2.45. The summed E-state index contributed by atoms with van der Waals surface area (Å²) in [5.41, 5.74) is 6.44. The minimum Gasteiger partial charge on any atom is -0.494 e. The van der Waals surface area contributed by atoms with E-state index in [1.54, 1.807) is 0 Å². The van der Waals surface area contributed by atoms with Gasteiger partial charge in [-0.05, 0) is 73.1 Å². The number of carbonyl (C=O) groups is 1. The zero-order valence-electron chi connectivity index (χ0n) is 20.1. The molecular formula is C28H36N2O2. The topological polar surface area (TPSA) is 50.7 Å². The van der Waals surface area contributed by atoms with Gasteiger partial charge in [-0.1, -0.05) is 45.7 Å². The summed E-state index contributed by atoms with van der Waals surface area (Å²) in [4.78, 5) is 18.5. The summed E-state index contributed by atoms with van der Waals surface area (Å²) in [6.45, 7) is 11.5. The Morgan fingerprint density at radius 3 is 2.50 bits per heavy atom. The molecule has 0 amide bonds. The van der Waals surface area contributed by atoms with E-state index in [0.29, 0.717) is 6.42 Å². The Kier molecular flexibility index (Phi) is 6.41. The summed E-state index contributed by atoms with van der Waals surface area (Å²) in [5.74, 6) is 0.918. The number of ether oxygens (including phenoxy) is 1. The number of nitrogens with zero attached hydrogens (tertiary/aromatic N) is 1. The van der Waals surface area contributed by atoms with Crippen molar-refractivity contribution in [2.75, 3.05) is 11.9 Å². The Balaban J connectivity index is 1.68. The van der Waals surface area contributed by atoms with Crippen LogP contribution in [0.15, 0.2) is 41.4 Å². The highest BCUT2D eigenvalue weighted by atomic mass is 16.5. The minimum atomic E-state index is -0.243. The number of ketones is 1. The van der Waals surface area contributed by atoms with Gasteiger partial charge in [0.05, 0.1) is 29.9 Å². The van der Waals surface area contributed by atoms with Crippen molar-refractivity contribution in [1.29, 1.82) is 0 Å². The molecule has 1 saturated carbocycles. The van der Waals surface area contributed by atoms with Crippen LogP contribution in [0, 0.1) is 25.2 Å². The smallest absolute Gasteiger partial charge is 0.144 e. The monoisotopic (exact) mass is 432 g/mol. The number of hydrogen-bond donors (Lipinski definition) is 1. The summed E-state index contributed by atoms with van der Waals surface area (Å²) < 4.78 is 5.90. The number of fused-ring (bicyclic) bond motifs is 2. The van der Waals surface area contributed by atoms with Gasteiger partial charge < -0.3 is 10.1 Å². The molecule has 4 heteroatoms. The average molecular weight is 433 g/mol. The maximum atomic E-state index is 13.4. The summed E-state index contributed by atoms with van der Waals surface area (Å²) >= 11 is 0. The molecule has 0 spiro atoms. The molecule has 0 bridgehead atoms. The van der Waals surface area contributed by atoms with Crippen LogP contribution in [-0.2, 0) is 4.79 Å². The number of hydrogen-bond acceptors (Lipinski definition) is 4. The number of benzene rings is 2. The predicted molar refractivity (Wildman–Crippen MR) is 132 cm³/mol. The lowest BCUT2D eigenvalue weighted by Gasteiger charge is -2.37. The largest absolute Gasteiger partial charge is 0.494 e. The zero-order chi connectivity index (χ0) is 22.9. The van der Waals surface area contributed by atoms with Gasteiger partial charge in [-0.2, -0.15) is 0 Å². The third-order valence-electron chi connectivity index (χ3n) is 6.79. The Bertz CT molecular complexity index is 1020. The number of rotatable bonds is 6. The van der Waals surface area contributed by atoms with Crippen molar-refractivity contribution in [2.24, 2.45) is 16.3 Å². The zero-order valence-corrected chi connectivity index (χ0v) is 20.1. The molecule has 4 rings (SSSR count). The van der Waals surface area contributed by atoms with E-state index in [-0.39, 0.29) is 23.2 Å². The first-order chi connectivity index (χ1) is 15.3. The molecule has 4 nitrogen and oxygen atoms in total. The Hall–Kier alpha value is -2.62. The molecule has 1 heterocycles. The fraction of sp³-hybridized carbons (Fsp3) is 0.500. The van der Waals surface area contributed by atoms with Crippen molar-refractivity contribution in [3.8, 4) is 5.75 Å². The number of aryl methyl sites for hydroxylation is 2. The quantitative estimate of drug-likeness (QED) is 0.495. The molecule has 0 saturated heterocycles. The predicted octanol–water partition coefficient (Wildman–Crippen LogP) is 7.12. The molecule has 2 aromatic carbocycles. The van der Waals surface area contributed by atoms with Crippen LogP contribution in [0.1, 0.15) is 75.6 Å². The lowest BCUT2D eigenvalue weighted by Crippen LogP contribution is -2.42. The molecule has 32 heavy (non-hydrogen) atoms. The van der Waals surface area contributed by atoms with E-state index in [0.717, 1.165) is 47.8 Å². The van der Waals surface area contributed by atoms with Gasteiger partial charge >= 0.3 is 0 Å². The van der Waals surface area contributed by atoms with Gasteiger partial charge in [-0.25, -0.2) is 0 Å². The molecule has 2 atom stereocenters. The second kappa shape index (κ2) is 9.09. The molecule has 0 unspecified atom stereocenters. The van der Waals surface area contributed by atoms with E-state index in [4.69, 9.17) is 9.73 Å². The number of Topliss-reactive ketones (excluding diaryl/α,β-unsaturated/α-hetero) is 1. The van der Waals surface area contributed by atoms with E-state index < -0.39 is 0 Å². The van der Waals surface area contributed by atoms with E-state index >= 15 is 0 Å². The summed E-state index contributed by atoms with van der Waals surface area (Å²) in [5, 5.41) is 3.70. The summed E-state index contributed by atoms with van der Waals surface area (Å²) in [7, 11) is 0. The van der Waals surface area contributed by atoms with Crippen molar-refractivity contribution in [3.63, 3.8) is 0 Å². The highest BCUT2D eigenvalue weighted by Gasteiger charge is 2.44. The molecule has 1 fully saturated rings. The highest BCUT2D eigenvalue weighted by molar-refractivity contribution is 6.10. The standard InChI is InChI=1S/C28H36N2O2/c1-6-7-8-13-32-21-11-9-20(10-12-21)27-26-24(16-28(4,5)17-25(26)31)29-22-14-18(2)19(3)15-23(22)30-27/h9-12,14-15,26-27,30H,6-8,13,16-17H2,1-5H3/t26-,27+/m0/s1. The Morgan fingerprint density at radius 1 is 1.06 bits per heavy atom. The van der Waals surface area contributed by atoms with Crippen LogP contribution in [0.2, 0.25) is 0 Å². The molecule has 170 valence electrons. The fourth-order valence-corrected chi connectivity index (χ4v) is 4.92. The second-order valence-electron chi connectivity index (χ2n) is 10.3. The van der Waals surface area contributed by atoms with Crippen molar-refractivity contribution < 1.29 is 9.53 Å². The van der Waals surface area contributed by atoms with Crippen molar-refractivity contribution in [2.45, 2.75) is 72.8 Å². The maximum Gasteiger partial charge on any atom is 0.144 e. The molecule has 2 aromatic rings. The molecular weight excluding hydrogens is 396 g/mol. The SMILES string of the molecule is CCCCCOc1ccc([C@H]2Nc3cc(C)c(C)cc3N=C3CC(C)(C)CC(=O)[C@H]32)cc1. The van der Waals surface area contributed by atoms with Crippen molar-refractivity contribution >= 4 is 22.9 Å². The van der Waals surface area contributed by atoms with Crippen molar-refractivity contribution in [3.05, 3.63) is 53.1 Å². The first-order valence-electron chi connectivity index (χ1n) is 12.0. The van der Waals surface area contributed by atoms with Gasteiger partial charge in [-0.15, -0.1) is 0 Å². The summed E-state index contributed by atoms with van der Waals surface area (Å²) in [6, 6.07) is 12.4. The van der Waals surface area contributed by atoms with Crippen LogP contribution in [-0.4, -0.2) is 18.1 Å². The number of anilines is 1. The van der Waals surface area contributed by atoms with Gasteiger partial charge in [0.2, 0.25) is 0 Å². The molecule has 0 radical (unpaired) electrons. The van der Waals surface area contributed by atoms with Gasteiger partial charge in [0.25, 0.3) is 0 Å². The normalized spacial score (nSPS) is 21.7. The fourth-order valence-electron chi connectivity index (χ4n) is 4.92. The molecule has 1 N–H and O–H groups in total. The van der Waals surface area contributed by atoms with E-state index in [1.165, 1.54) is 24.0 Å². The number of unbranched alkanes of at least 4 members (excludes halogenated alkanes) is 2. The van der Waals surface area contributed by atoms with Crippen LogP contribution in [0.25, 0.3) is 0 Å². The molecule has 1 aliphatic carbocycles. The average Bonchev–Trinajstić information content (AvgIpc) is 2.88. The first-order valence-corrected chi connectivity index (χ1v) is 12.0. The lowest BCUT2D eigenvalue weighted by molar-refractivity contribution is -0.124. The van der Waals surface area contributed by atoms with Crippen LogP contribution >= 0.6 is 0 Å². The number of aliphatic imine (C=N–C) groups is 1. The first kappa shape index (κ1) is 22.6. The number of carbonyl (C=O) groups excluding carboxylic acids is 1. The van der Waals surface area contributed by atoms with Crippen molar-refractivity contribution in [1.82, 2.24) is 0 Å². The molecule has 1 aliphatic heterocycles. The van der Waals surface area contributed by atoms with Crippen LogP contribution in [0.3, 0.4) is 0 Å². The maximum absolute atomic E-state index is 13.4. The van der Waals surface area contributed by atoms with Crippen LogP contribution < -0.4 is 10.1 Å². The van der Waals surface area contributed by atoms with E-state index in [1.807, 2.05) is 12.1 Å². The molecule has 0 aromatic heterocycles. The molecule has 2 aliphatic rings. The van der Waals surface area contributed by atoms with Gasteiger partial charge in [0, 0.05) is 12.1 Å². The minimum absolute atomic E-state index is 0.0581. The van der Waals surface area contributed by atoms with E-state index in [9.17, 15) is 4.79 Å².